The van der Waals surface area contributed by atoms with Crippen molar-refractivity contribution >= 4 is 41.1 Å². The summed E-state index contributed by atoms with van der Waals surface area (Å²) >= 11 is 1.45. The van der Waals surface area contributed by atoms with E-state index in [1.165, 1.54) is 18.4 Å². The van der Waals surface area contributed by atoms with E-state index in [2.05, 4.69) is 10.3 Å². The monoisotopic (exact) mass is 674 g/mol. The molecule has 4 aromatic rings. The van der Waals surface area contributed by atoms with Crippen LogP contribution in [-0.2, 0) is 4.74 Å². The molecule has 256 valence electrons. The standard InChI is InChI=1S/C16H14O2.C10H12O2.C6H13NO2.C6H7NOS/c1-2-16(18)15-9-7-14(8-10-15)13-5-3-12(11-17)4-6-13;1-3-10(11)8-4-6-9(12-2)7-5-8;1-6(2,3)9-5(8)7-4;1-2-6(8)5-3-9-4-7-5/h3-11H,2H2,1H3;4-7H,3H2,1-2H3;1-4H3,(H,7,8);3-4H,2H2,1H3. The van der Waals surface area contributed by atoms with Gasteiger partial charge in [-0.1, -0.05) is 69.3 Å². The Labute approximate surface area is 287 Å². The van der Waals surface area contributed by atoms with Gasteiger partial charge in [0.1, 0.15) is 23.3 Å². The van der Waals surface area contributed by atoms with Crippen LogP contribution in [0.15, 0.2) is 83.7 Å². The lowest BCUT2D eigenvalue weighted by molar-refractivity contribution is 0.0541. The number of benzene rings is 3. The highest BCUT2D eigenvalue weighted by atomic mass is 32.1. The molecule has 0 fully saturated rings. The SMILES string of the molecule is CCC(=O)c1ccc(-c2ccc(C=O)cc2)cc1.CCC(=O)c1ccc(OC)cc1.CCC(=O)c1cscn1.CNC(=O)OC(C)(C)C. The molecule has 0 atom stereocenters. The first-order valence-electron chi connectivity index (χ1n) is 15.5. The minimum Gasteiger partial charge on any atom is -0.497 e. The summed E-state index contributed by atoms with van der Waals surface area (Å²) in [5.74, 6) is 1.22. The molecule has 0 aliphatic rings. The van der Waals surface area contributed by atoms with Crippen LogP contribution in [-0.4, -0.2) is 54.5 Å². The molecule has 1 amide bonds. The maximum absolute atomic E-state index is 11.5. The molecule has 1 heterocycles. The molecule has 0 unspecified atom stereocenters. The van der Waals surface area contributed by atoms with Crippen LogP contribution in [0.5, 0.6) is 5.75 Å². The van der Waals surface area contributed by atoms with E-state index in [1.54, 1.807) is 54.4 Å². The zero-order valence-electron chi connectivity index (χ0n) is 29.0. The third kappa shape index (κ3) is 15.6. The number of carbonyl (C=O) groups excluding carboxylic acids is 5. The Morgan fingerprint density at radius 2 is 1.21 bits per heavy atom. The Bertz CT molecular complexity index is 1560. The summed E-state index contributed by atoms with van der Waals surface area (Å²) in [7, 11) is 3.14. The zero-order chi connectivity index (χ0) is 36.1. The quantitative estimate of drug-likeness (QED) is 0.138. The summed E-state index contributed by atoms with van der Waals surface area (Å²) in [6.45, 7) is 11.0. The second-order valence-corrected chi connectivity index (χ2v) is 11.7. The average Bonchev–Trinajstić information content (AvgIpc) is 3.66. The summed E-state index contributed by atoms with van der Waals surface area (Å²) in [4.78, 5) is 58.4. The molecular weight excluding hydrogens is 628 g/mol. The number of thiazole rings is 1. The second-order valence-electron chi connectivity index (χ2n) is 11.0. The van der Waals surface area contributed by atoms with Gasteiger partial charge in [0.15, 0.2) is 17.3 Å². The first-order chi connectivity index (χ1) is 22.8. The van der Waals surface area contributed by atoms with Crippen LogP contribution in [0, 0.1) is 0 Å². The van der Waals surface area contributed by atoms with E-state index in [0.717, 1.165) is 34.3 Å². The first kappa shape index (κ1) is 41.1. The lowest BCUT2D eigenvalue weighted by Crippen LogP contribution is -2.30. The lowest BCUT2D eigenvalue weighted by Gasteiger charge is -2.18. The van der Waals surface area contributed by atoms with Gasteiger partial charge >= 0.3 is 6.09 Å². The van der Waals surface area contributed by atoms with Gasteiger partial charge in [-0.2, -0.15) is 0 Å². The second kappa shape index (κ2) is 21.8. The molecule has 0 aliphatic carbocycles. The van der Waals surface area contributed by atoms with Gasteiger partial charge in [0.2, 0.25) is 0 Å². The number of ether oxygens (including phenoxy) is 2. The first-order valence-corrected chi connectivity index (χ1v) is 16.4. The Morgan fingerprint density at radius 3 is 1.54 bits per heavy atom. The van der Waals surface area contributed by atoms with Gasteiger partial charge in [-0.3, -0.25) is 19.2 Å². The third-order valence-corrected chi connectivity index (χ3v) is 6.87. The van der Waals surface area contributed by atoms with E-state index in [0.29, 0.717) is 30.5 Å². The molecule has 0 saturated heterocycles. The summed E-state index contributed by atoms with van der Waals surface area (Å²) in [6.07, 6.45) is 2.05. The van der Waals surface area contributed by atoms with Crippen molar-refractivity contribution in [2.45, 2.75) is 66.4 Å². The van der Waals surface area contributed by atoms with Crippen LogP contribution in [0.25, 0.3) is 11.1 Å². The van der Waals surface area contributed by atoms with Crippen molar-refractivity contribution in [1.82, 2.24) is 10.3 Å². The fourth-order valence-electron chi connectivity index (χ4n) is 3.65. The number of alkyl carbamates (subject to hydrolysis) is 1. The Hall–Kier alpha value is -4.96. The van der Waals surface area contributed by atoms with Crippen LogP contribution in [0.2, 0.25) is 0 Å². The number of Topliss-reactive ketones (excluding diaryl/α,β-unsaturated/α-hetero) is 3. The van der Waals surface area contributed by atoms with Crippen LogP contribution in [0.1, 0.15) is 102 Å². The summed E-state index contributed by atoms with van der Waals surface area (Å²) in [5.41, 5.74) is 6.11. The summed E-state index contributed by atoms with van der Waals surface area (Å²) in [6, 6.07) is 22.1. The highest BCUT2D eigenvalue weighted by Gasteiger charge is 2.14. The number of hydrogen-bond acceptors (Lipinski definition) is 9. The van der Waals surface area contributed by atoms with E-state index in [1.807, 2.05) is 77.9 Å². The predicted molar refractivity (Wildman–Crippen MR) is 192 cm³/mol. The molecule has 1 N–H and O–H groups in total. The third-order valence-electron chi connectivity index (χ3n) is 6.28. The molecule has 0 saturated carbocycles. The van der Waals surface area contributed by atoms with Crippen molar-refractivity contribution in [3.63, 3.8) is 0 Å². The number of nitrogens with zero attached hydrogens (tertiary/aromatic N) is 1. The number of hydrogen-bond donors (Lipinski definition) is 1. The maximum atomic E-state index is 11.5. The number of amides is 1. The molecule has 0 bridgehead atoms. The molecule has 0 aliphatic heterocycles. The summed E-state index contributed by atoms with van der Waals surface area (Å²) in [5, 5.41) is 4.13. The van der Waals surface area contributed by atoms with Gasteiger partial charge in [-0.25, -0.2) is 9.78 Å². The zero-order valence-corrected chi connectivity index (χ0v) is 29.8. The maximum Gasteiger partial charge on any atom is 0.407 e. The van der Waals surface area contributed by atoms with Crippen LogP contribution in [0.4, 0.5) is 4.79 Å². The fourth-order valence-corrected chi connectivity index (χ4v) is 4.20. The van der Waals surface area contributed by atoms with Gasteiger partial charge < -0.3 is 14.8 Å². The molecule has 0 spiro atoms. The molecule has 1 aromatic heterocycles. The normalized spacial score (nSPS) is 9.92. The van der Waals surface area contributed by atoms with Gasteiger partial charge in [0, 0.05) is 48.4 Å². The number of rotatable bonds is 9. The molecule has 48 heavy (non-hydrogen) atoms. The molecule has 9 nitrogen and oxygen atoms in total. The van der Waals surface area contributed by atoms with Crippen molar-refractivity contribution in [2.75, 3.05) is 14.2 Å². The minimum atomic E-state index is -0.389. The number of aromatic nitrogens is 1. The van der Waals surface area contributed by atoms with Gasteiger partial charge in [0.05, 0.1) is 12.6 Å². The highest BCUT2D eigenvalue weighted by Crippen LogP contribution is 2.20. The van der Waals surface area contributed by atoms with Crippen LogP contribution < -0.4 is 10.1 Å². The van der Waals surface area contributed by atoms with Crippen molar-refractivity contribution in [1.29, 1.82) is 0 Å². The van der Waals surface area contributed by atoms with Crippen LogP contribution in [0.3, 0.4) is 0 Å². The molecule has 3 aromatic carbocycles. The number of nitrogens with one attached hydrogen (secondary N) is 1. The molecular formula is C38H46N2O7S. The number of aldehydes is 1. The van der Waals surface area contributed by atoms with E-state index >= 15 is 0 Å². The summed E-state index contributed by atoms with van der Waals surface area (Å²) < 4.78 is 9.81. The van der Waals surface area contributed by atoms with E-state index in [4.69, 9.17) is 9.47 Å². The molecule has 0 radical (unpaired) electrons. The average molecular weight is 675 g/mol. The lowest BCUT2D eigenvalue weighted by atomic mass is 10.0. The number of methoxy groups -OCH3 is 1. The van der Waals surface area contributed by atoms with Crippen molar-refractivity contribution < 1.29 is 33.4 Å². The largest absolute Gasteiger partial charge is 0.497 e. The van der Waals surface area contributed by atoms with Gasteiger partial charge in [-0.05, 0) is 56.2 Å². The van der Waals surface area contributed by atoms with E-state index in [-0.39, 0.29) is 29.0 Å². The topological polar surface area (TPSA) is 129 Å². The van der Waals surface area contributed by atoms with Gasteiger partial charge in [0.25, 0.3) is 0 Å². The fraction of sp³-hybridized carbons (Fsp3) is 0.316. The Kier molecular flexibility index (Phi) is 18.6. The van der Waals surface area contributed by atoms with E-state index in [9.17, 15) is 24.0 Å². The molecule has 4 rings (SSSR count). The van der Waals surface area contributed by atoms with Gasteiger partial charge in [-0.15, -0.1) is 11.3 Å². The van der Waals surface area contributed by atoms with Crippen molar-refractivity contribution in [2.24, 2.45) is 0 Å². The van der Waals surface area contributed by atoms with E-state index < -0.39 is 0 Å². The van der Waals surface area contributed by atoms with Crippen molar-refractivity contribution in [3.05, 3.63) is 106 Å². The highest BCUT2D eigenvalue weighted by molar-refractivity contribution is 7.07. The Balaban J connectivity index is 0.000000337. The minimum absolute atomic E-state index is 0.122. The van der Waals surface area contributed by atoms with Crippen molar-refractivity contribution in [3.8, 4) is 16.9 Å². The smallest absolute Gasteiger partial charge is 0.407 e. The van der Waals surface area contributed by atoms with Crippen LogP contribution >= 0.6 is 11.3 Å². The molecule has 10 heteroatoms. The number of ketones is 3. The number of carbonyl (C=O) groups is 5. The predicted octanol–water partition coefficient (Wildman–Crippen LogP) is 8.92. The Morgan fingerprint density at radius 1 is 0.750 bits per heavy atom.